The maximum atomic E-state index is 12.8. The lowest BCUT2D eigenvalue weighted by molar-refractivity contribution is 0.0660. The Morgan fingerprint density at radius 3 is 2.80 bits per heavy atom. The van der Waals surface area contributed by atoms with Gasteiger partial charge in [0.25, 0.3) is 5.91 Å². The highest BCUT2D eigenvalue weighted by molar-refractivity contribution is 9.10. The molecule has 1 aromatic carbocycles. The van der Waals surface area contributed by atoms with E-state index in [9.17, 15) is 4.79 Å². The van der Waals surface area contributed by atoms with Gasteiger partial charge >= 0.3 is 0 Å². The summed E-state index contributed by atoms with van der Waals surface area (Å²) in [6.07, 6.45) is 1.59. The first-order chi connectivity index (χ1) is 12.2. The lowest BCUT2D eigenvalue weighted by atomic mass is 10.1. The summed E-state index contributed by atoms with van der Waals surface area (Å²) in [5, 5.41) is 7.09. The second-order valence-corrected chi connectivity index (χ2v) is 6.39. The molecule has 0 saturated heterocycles. The van der Waals surface area contributed by atoms with Crippen LogP contribution in [0, 0.1) is 0 Å². The molecule has 6 nitrogen and oxygen atoms in total. The number of aromatic nitrogens is 2. The van der Waals surface area contributed by atoms with Gasteiger partial charge in [-0.15, -0.1) is 0 Å². The molecule has 0 aliphatic heterocycles. The average Bonchev–Trinajstić information content (AvgIpc) is 3.30. The number of furan rings is 1. The summed E-state index contributed by atoms with van der Waals surface area (Å²) in [7, 11) is 1.61. The smallest absolute Gasteiger partial charge is 0.272 e. The van der Waals surface area contributed by atoms with Crippen molar-refractivity contribution in [3.63, 3.8) is 0 Å². The molecule has 0 unspecified atom stereocenters. The Morgan fingerprint density at radius 1 is 1.32 bits per heavy atom. The van der Waals surface area contributed by atoms with Crippen LogP contribution in [0.3, 0.4) is 0 Å². The molecule has 0 radical (unpaired) electrons. The zero-order valence-electron chi connectivity index (χ0n) is 13.7. The molecule has 0 atom stereocenters. The van der Waals surface area contributed by atoms with Crippen LogP contribution in [0.15, 0.2) is 57.6 Å². The van der Waals surface area contributed by atoms with Crippen molar-refractivity contribution in [3.8, 4) is 11.3 Å². The van der Waals surface area contributed by atoms with E-state index in [1.54, 1.807) is 30.4 Å². The number of rotatable bonds is 7. The normalized spacial score (nSPS) is 10.8. The van der Waals surface area contributed by atoms with Crippen molar-refractivity contribution in [2.24, 2.45) is 0 Å². The fourth-order valence-electron chi connectivity index (χ4n) is 2.41. The number of amides is 1. The van der Waals surface area contributed by atoms with Crippen molar-refractivity contribution < 1.29 is 13.9 Å². The first kappa shape index (κ1) is 17.4. The van der Waals surface area contributed by atoms with Crippen LogP contribution in [0.25, 0.3) is 11.3 Å². The lowest BCUT2D eigenvalue weighted by Gasteiger charge is -2.20. The fraction of sp³-hybridized carbons (Fsp3) is 0.222. The van der Waals surface area contributed by atoms with Crippen LogP contribution in [0.2, 0.25) is 0 Å². The standard InChI is InChI=1S/C18H18BrN3O3/c1-24-10-8-22(12-15-3-2-9-25-15)18(23)17-11-16(20-21-17)13-4-6-14(19)7-5-13/h2-7,9,11H,8,10,12H2,1H3,(H,20,21). The molecule has 3 rings (SSSR count). The van der Waals surface area contributed by atoms with E-state index in [-0.39, 0.29) is 5.91 Å². The van der Waals surface area contributed by atoms with Crippen molar-refractivity contribution in [1.82, 2.24) is 15.1 Å². The van der Waals surface area contributed by atoms with E-state index in [0.717, 1.165) is 21.5 Å². The second-order valence-electron chi connectivity index (χ2n) is 5.47. The van der Waals surface area contributed by atoms with Gasteiger partial charge in [0.15, 0.2) is 0 Å². The SMILES string of the molecule is COCCN(Cc1ccco1)C(=O)c1cc(-c2ccc(Br)cc2)n[nH]1. The first-order valence-electron chi connectivity index (χ1n) is 7.79. The number of H-pyrrole nitrogens is 1. The molecule has 130 valence electrons. The summed E-state index contributed by atoms with van der Waals surface area (Å²) < 4.78 is 11.5. The molecule has 0 aliphatic carbocycles. The second kappa shape index (κ2) is 8.13. The number of hydrogen-bond donors (Lipinski definition) is 1. The number of carbonyl (C=O) groups is 1. The summed E-state index contributed by atoms with van der Waals surface area (Å²) in [6.45, 7) is 1.28. The fourth-order valence-corrected chi connectivity index (χ4v) is 2.68. The van der Waals surface area contributed by atoms with Crippen LogP contribution in [0.1, 0.15) is 16.2 Å². The summed E-state index contributed by atoms with van der Waals surface area (Å²) >= 11 is 3.41. The molecule has 1 N–H and O–H groups in total. The first-order valence-corrected chi connectivity index (χ1v) is 8.58. The Balaban J connectivity index is 1.78. The number of nitrogens with one attached hydrogen (secondary N) is 1. The highest BCUT2D eigenvalue weighted by atomic mass is 79.9. The van der Waals surface area contributed by atoms with Gasteiger partial charge < -0.3 is 14.1 Å². The van der Waals surface area contributed by atoms with Gasteiger partial charge in [0.1, 0.15) is 11.5 Å². The molecule has 0 saturated carbocycles. The van der Waals surface area contributed by atoms with Crippen LogP contribution in [-0.4, -0.2) is 41.3 Å². The van der Waals surface area contributed by atoms with E-state index in [0.29, 0.717) is 25.4 Å². The maximum Gasteiger partial charge on any atom is 0.272 e. The van der Waals surface area contributed by atoms with E-state index >= 15 is 0 Å². The Hall–Kier alpha value is -2.38. The third-order valence-corrected chi connectivity index (χ3v) is 4.26. The number of nitrogens with zero attached hydrogens (tertiary/aromatic N) is 2. The molecule has 3 aromatic rings. The van der Waals surface area contributed by atoms with Crippen molar-refractivity contribution in [2.45, 2.75) is 6.54 Å². The highest BCUT2D eigenvalue weighted by Gasteiger charge is 2.19. The van der Waals surface area contributed by atoms with E-state index < -0.39 is 0 Å². The Kier molecular flexibility index (Phi) is 5.67. The van der Waals surface area contributed by atoms with Crippen molar-refractivity contribution >= 4 is 21.8 Å². The summed E-state index contributed by atoms with van der Waals surface area (Å²) in [5.74, 6) is 0.571. The van der Waals surface area contributed by atoms with Gasteiger partial charge in [-0.25, -0.2) is 0 Å². The van der Waals surface area contributed by atoms with Crippen LogP contribution in [-0.2, 0) is 11.3 Å². The topological polar surface area (TPSA) is 71.4 Å². The number of hydrogen-bond acceptors (Lipinski definition) is 4. The van der Waals surface area contributed by atoms with Crippen LogP contribution in [0.4, 0.5) is 0 Å². The van der Waals surface area contributed by atoms with E-state index in [1.807, 2.05) is 30.3 Å². The van der Waals surface area contributed by atoms with Gasteiger partial charge in [0, 0.05) is 23.7 Å². The molecule has 1 amide bonds. The summed E-state index contributed by atoms with van der Waals surface area (Å²) in [6, 6.07) is 13.2. The number of ether oxygens (including phenoxy) is 1. The number of halogens is 1. The molecule has 2 aromatic heterocycles. The average molecular weight is 404 g/mol. The zero-order valence-corrected chi connectivity index (χ0v) is 15.3. The predicted molar refractivity (Wildman–Crippen MR) is 97.0 cm³/mol. The molecule has 25 heavy (non-hydrogen) atoms. The van der Waals surface area contributed by atoms with Crippen LogP contribution in [0.5, 0.6) is 0 Å². The monoisotopic (exact) mass is 403 g/mol. The van der Waals surface area contributed by atoms with Crippen molar-refractivity contribution in [2.75, 3.05) is 20.3 Å². The Bertz CT molecular complexity index is 812. The third-order valence-electron chi connectivity index (χ3n) is 3.73. The van der Waals surface area contributed by atoms with Crippen molar-refractivity contribution in [1.29, 1.82) is 0 Å². The molecule has 0 aliphatic rings. The van der Waals surface area contributed by atoms with Gasteiger partial charge in [-0.2, -0.15) is 5.10 Å². The summed E-state index contributed by atoms with van der Waals surface area (Å²) in [4.78, 5) is 14.5. The minimum atomic E-state index is -0.149. The quantitative estimate of drug-likeness (QED) is 0.652. The predicted octanol–water partition coefficient (Wildman–Crippen LogP) is 3.72. The van der Waals surface area contributed by atoms with Crippen LogP contribution >= 0.6 is 15.9 Å². The van der Waals surface area contributed by atoms with E-state index in [1.165, 1.54) is 0 Å². The minimum absolute atomic E-state index is 0.149. The van der Waals surface area contributed by atoms with Crippen LogP contribution < -0.4 is 0 Å². The number of benzene rings is 1. The van der Waals surface area contributed by atoms with Gasteiger partial charge in [-0.05, 0) is 30.3 Å². The molecule has 7 heteroatoms. The zero-order chi connectivity index (χ0) is 17.6. The summed E-state index contributed by atoms with van der Waals surface area (Å²) in [5.41, 5.74) is 2.09. The lowest BCUT2D eigenvalue weighted by Crippen LogP contribution is -2.33. The van der Waals surface area contributed by atoms with E-state index in [4.69, 9.17) is 9.15 Å². The third kappa shape index (κ3) is 4.37. The number of carbonyl (C=O) groups excluding carboxylic acids is 1. The molecule has 0 spiro atoms. The molecule has 0 fully saturated rings. The Labute approximate surface area is 153 Å². The molecule has 0 bridgehead atoms. The van der Waals surface area contributed by atoms with E-state index in [2.05, 4.69) is 26.1 Å². The van der Waals surface area contributed by atoms with Gasteiger partial charge in [-0.1, -0.05) is 28.1 Å². The number of methoxy groups -OCH3 is 1. The molecular formula is C18H18BrN3O3. The minimum Gasteiger partial charge on any atom is -0.467 e. The van der Waals surface area contributed by atoms with Gasteiger partial charge in [0.05, 0.1) is 25.1 Å². The molecule has 2 heterocycles. The van der Waals surface area contributed by atoms with Gasteiger partial charge in [-0.3, -0.25) is 9.89 Å². The Morgan fingerprint density at radius 2 is 2.12 bits per heavy atom. The maximum absolute atomic E-state index is 12.8. The van der Waals surface area contributed by atoms with Gasteiger partial charge in [0.2, 0.25) is 0 Å². The number of aromatic amines is 1. The largest absolute Gasteiger partial charge is 0.467 e. The van der Waals surface area contributed by atoms with Crippen molar-refractivity contribution in [3.05, 3.63) is 64.7 Å². The highest BCUT2D eigenvalue weighted by Crippen LogP contribution is 2.21. The molecular weight excluding hydrogens is 386 g/mol.